The maximum absolute atomic E-state index is 13.2. The highest BCUT2D eigenvalue weighted by atomic mass is 32.2. The van der Waals surface area contributed by atoms with Crippen molar-refractivity contribution in [2.45, 2.75) is 19.8 Å². The molecule has 8 heteroatoms. The molecule has 1 aliphatic rings. The van der Waals surface area contributed by atoms with Crippen LogP contribution in [0.15, 0.2) is 64.4 Å². The number of hydrogen-bond acceptors (Lipinski definition) is 6. The Morgan fingerprint density at radius 3 is 2.68 bits per heavy atom. The van der Waals surface area contributed by atoms with Gasteiger partial charge in [-0.25, -0.2) is 4.98 Å². The third-order valence-electron chi connectivity index (χ3n) is 4.93. The molecule has 1 fully saturated rings. The maximum Gasteiger partial charge on any atom is 0.267 e. The average molecular weight is 451 g/mol. The van der Waals surface area contributed by atoms with Gasteiger partial charge in [0.25, 0.3) is 11.5 Å². The largest absolute Gasteiger partial charge is 0.369 e. The summed E-state index contributed by atoms with van der Waals surface area (Å²) in [6.07, 6.45) is 4.90. The van der Waals surface area contributed by atoms with E-state index in [9.17, 15) is 9.59 Å². The van der Waals surface area contributed by atoms with Crippen molar-refractivity contribution in [1.29, 1.82) is 0 Å². The minimum Gasteiger partial charge on any atom is -0.369 e. The van der Waals surface area contributed by atoms with Crippen LogP contribution in [0.1, 0.15) is 24.5 Å². The second-order valence-corrected chi connectivity index (χ2v) is 8.78. The van der Waals surface area contributed by atoms with Gasteiger partial charge in [-0.2, -0.15) is 0 Å². The molecule has 0 unspecified atom stereocenters. The Balaban J connectivity index is 1.66. The zero-order valence-corrected chi connectivity index (χ0v) is 18.7. The van der Waals surface area contributed by atoms with Gasteiger partial charge in [0.15, 0.2) is 0 Å². The molecule has 0 atom stereocenters. The molecule has 1 amide bonds. The van der Waals surface area contributed by atoms with Crippen LogP contribution < -0.4 is 10.9 Å². The van der Waals surface area contributed by atoms with Crippen molar-refractivity contribution in [1.82, 2.24) is 14.3 Å². The van der Waals surface area contributed by atoms with E-state index in [1.165, 1.54) is 16.2 Å². The highest BCUT2D eigenvalue weighted by Gasteiger charge is 2.32. The summed E-state index contributed by atoms with van der Waals surface area (Å²) < 4.78 is 1.99. The average Bonchev–Trinajstić information content (AvgIpc) is 3.06. The first-order valence-corrected chi connectivity index (χ1v) is 11.4. The van der Waals surface area contributed by atoms with E-state index in [1.54, 1.807) is 29.3 Å². The fourth-order valence-corrected chi connectivity index (χ4v) is 4.61. The Hall–Kier alpha value is -2.97. The number of nitrogens with zero attached hydrogens (tertiary/aromatic N) is 3. The van der Waals surface area contributed by atoms with E-state index >= 15 is 0 Å². The lowest BCUT2D eigenvalue weighted by molar-refractivity contribution is -0.122. The summed E-state index contributed by atoms with van der Waals surface area (Å²) in [5, 5.41) is 3.22. The van der Waals surface area contributed by atoms with Crippen molar-refractivity contribution in [2.75, 3.05) is 18.4 Å². The van der Waals surface area contributed by atoms with Crippen molar-refractivity contribution in [2.24, 2.45) is 0 Å². The first-order chi connectivity index (χ1) is 15.1. The highest BCUT2D eigenvalue weighted by Crippen LogP contribution is 2.33. The lowest BCUT2D eigenvalue weighted by Crippen LogP contribution is -2.30. The fraction of sp³-hybridized carbons (Fsp3) is 0.217. The molecular formula is C23H22N4O2S2. The number of thiocarbonyl (C=S) groups is 1. The summed E-state index contributed by atoms with van der Waals surface area (Å²) in [4.78, 5) is 32.8. The quantitative estimate of drug-likeness (QED) is 0.434. The molecule has 3 heterocycles. The maximum atomic E-state index is 13.2. The number of thioether (sulfide) groups is 1. The van der Waals surface area contributed by atoms with Crippen LogP contribution in [0.3, 0.4) is 0 Å². The van der Waals surface area contributed by atoms with Crippen molar-refractivity contribution in [3.63, 3.8) is 0 Å². The van der Waals surface area contributed by atoms with Crippen LogP contribution in [0, 0.1) is 0 Å². The molecule has 158 valence electrons. The molecule has 31 heavy (non-hydrogen) atoms. The summed E-state index contributed by atoms with van der Waals surface area (Å²) in [5.41, 5.74) is 1.83. The summed E-state index contributed by atoms with van der Waals surface area (Å²) in [6, 6.07) is 15.4. The van der Waals surface area contributed by atoms with Crippen LogP contribution in [-0.4, -0.2) is 37.6 Å². The zero-order valence-electron chi connectivity index (χ0n) is 17.1. The first-order valence-electron chi connectivity index (χ1n) is 10.1. The number of aromatic nitrogens is 2. The Bertz CT molecular complexity index is 1220. The van der Waals surface area contributed by atoms with Crippen LogP contribution in [0.25, 0.3) is 11.7 Å². The van der Waals surface area contributed by atoms with Gasteiger partial charge in [0.05, 0.1) is 10.5 Å². The van der Waals surface area contributed by atoms with Crippen molar-refractivity contribution in [3.8, 4) is 0 Å². The normalized spacial score (nSPS) is 15.3. The molecule has 0 radical (unpaired) electrons. The number of fused-ring (bicyclic) bond motifs is 1. The number of carbonyl (C=O) groups is 1. The minimum absolute atomic E-state index is 0.176. The van der Waals surface area contributed by atoms with Gasteiger partial charge in [0.1, 0.15) is 15.8 Å². The SMILES string of the molecule is CCCNc1nc2ccccn2c(=O)c1C=C1SC(=S)N(CCc2ccccc2)C1=O. The molecular weight excluding hydrogens is 428 g/mol. The van der Waals surface area contributed by atoms with Gasteiger partial charge in [-0.05, 0) is 36.6 Å². The Morgan fingerprint density at radius 2 is 1.90 bits per heavy atom. The minimum atomic E-state index is -0.223. The highest BCUT2D eigenvalue weighted by molar-refractivity contribution is 8.26. The van der Waals surface area contributed by atoms with Gasteiger partial charge < -0.3 is 5.32 Å². The molecule has 0 aliphatic carbocycles. The topological polar surface area (TPSA) is 66.7 Å². The predicted molar refractivity (Wildman–Crippen MR) is 130 cm³/mol. The molecule has 6 nitrogen and oxygen atoms in total. The van der Waals surface area contributed by atoms with Crippen molar-refractivity contribution >= 4 is 51.7 Å². The van der Waals surface area contributed by atoms with Gasteiger partial charge in [-0.1, -0.05) is 67.3 Å². The monoisotopic (exact) mass is 450 g/mol. The van der Waals surface area contributed by atoms with E-state index < -0.39 is 0 Å². The van der Waals surface area contributed by atoms with Crippen LogP contribution in [-0.2, 0) is 11.2 Å². The van der Waals surface area contributed by atoms with E-state index in [1.807, 2.05) is 43.3 Å². The first kappa shape index (κ1) is 21.3. The smallest absolute Gasteiger partial charge is 0.267 e. The molecule has 4 rings (SSSR count). The zero-order chi connectivity index (χ0) is 21.8. The van der Waals surface area contributed by atoms with Gasteiger partial charge in [-0.3, -0.25) is 18.9 Å². The number of carbonyl (C=O) groups excluding carboxylic acids is 1. The molecule has 2 aromatic heterocycles. The third kappa shape index (κ3) is 4.55. The third-order valence-corrected chi connectivity index (χ3v) is 6.31. The van der Waals surface area contributed by atoms with E-state index in [2.05, 4.69) is 10.3 Å². The van der Waals surface area contributed by atoms with Gasteiger partial charge in [0, 0.05) is 19.3 Å². The molecule has 1 aliphatic heterocycles. The van der Waals surface area contributed by atoms with Gasteiger partial charge in [-0.15, -0.1) is 0 Å². The second-order valence-electron chi connectivity index (χ2n) is 7.10. The molecule has 0 bridgehead atoms. The number of benzene rings is 1. The number of rotatable bonds is 7. The molecule has 0 saturated carbocycles. The number of nitrogens with one attached hydrogen (secondary N) is 1. The van der Waals surface area contributed by atoms with Crippen molar-refractivity contribution in [3.05, 3.63) is 81.1 Å². The van der Waals surface area contributed by atoms with E-state index in [0.29, 0.717) is 45.8 Å². The number of pyridine rings is 1. The Morgan fingerprint density at radius 1 is 1.13 bits per heavy atom. The molecule has 1 N–H and O–H groups in total. The van der Waals surface area contributed by atoms with Crippen LogP contribution in [0.2, 0.25) is 0 Å². The molecule has 1 saturated heterocycles. The lowest BCUT2D eigenvalue weighted by atomic mass is 10.1. The summed E-state index contributed by atoms with van der Waals surface area (Å²) >= 11 is 6.68. The van der Waals surface area contributed by atoms with E-state index in [0.717, 1.165) is 12.0 Å². The second kappa shape index (κ2) is 9.45. The number of hydrogen-bond donors (Lipinski definition) is 1. The summed E-state index contributed by atoms with van der Waals surface area (Å²) in [5.74, 6) is 0.303. The van der Waals surface area contributed by atoms with E-state index in [-0.39, 0.29) is 11.5 Å². The van der Waals surface area contributed by atoms with E-state index in [4.69, 9.17) is 12.2 Å². The predicted octanol–water partition coefficient (Wildman–Crippen LogP) is 3.96. The Kier molecular flexibility index (Phi) is 6.48. The molecule has 3 aromatic rings. The number of anilines is 1. The lowest BCUT2D eigenvalue weighted by Gasteiger charge is -2.14. The van der Waals surface area contributed by atoms with Crippen molar-refractivity contribution < 1.29 is 4.79 Å². The standard InChI is InChI=1S/C23H22N4O2S2/c1-2-12-24-20-17(21(28)26-13-7-6-10-19(26)25-20)15-18-22(29)27(23(30)31-18)14-11-16-8-4-3-5-9-16/h3-10,13,15,24H,2,11-12,14H2,1H3. The van der Waals surface area contributed by atoms with Crippen LogP contribution in [0.4, 0.5) is 5.82 Å². The molecule has 1 aromatic carbocycles. The summed E-state index contributed by atoms with van der Waals surface area (Å²) in [6.45, 7) is 3.22. The van der Waals surface area contributed by atoms with Gasteiger partial charge >= 0.3 is 0 Å². The fourth-order valence-electron chi connectivity index (χ4n) is 3.32. The number of amides is 1. The summed E-state index contributed by atoms with van der Waals surface area (Å²) in [7, 11) is 0. The molecule has 0 spiro atoms. The van der Waals surface area contributed by atoms with Gasteiger partial charge in [0.2, 0.25) is 0 Å². The Labute approximate surface area is 190 Å². The van der Waals surface area contributed by atoms with Crippen LogP contribution >= 0.6 is 24.0 Å². The van der Waals surface area contributed by atoms with Crippen LogP contribution in [0.5, 0.6) is 0 Å².